The summed E-state index contributed by atoms with van der Waals surface area (Å²) in [4.78, 5) is 13.1. The number of benzene rings is 4. The Morgan fingerprint density at radius 1 is 0.774 bits per heavy atom. The van der Waals surface area contributed by atoms with Gasteiger partial charge in [0.25, 0.3) is 0 Å². The van der Waals surface area contributed by atoms with Gasteiger partial charge in [-0.2, -0.15) is 0 Å². The largest absolute Gasteiger partial charge is 0.460 e. The lowest BCUT2D eigenvalue weighted by Gasteiger charge is -2.21. The normalized spacial score (nSPS) is 12.0. The van der Waals surface area contributed by atoms with Gasteiger partial charge in [0.15, 0.2) is 0 Å². The average molecular weight is 411 g/mol. The number of carbonyl (C=O) groups excluding carboxylic acids is 1. The molecule has 31 heavy (non-hydrogen) atoms. The summed E-state index contributed by atoms with van der Waals surface area (Å²) in [5, 5.41) is 2.23. The third-order valence-corrected chi connectivity index (χ3v) is 5.34. The van der Waals surface area contributed by atoms with Gasteiger partial charge < -0.3 is 9.47 Å². The maximum Gasteiger partial charge on any atom is 0.314 e. The van der Waals surface area contributed by atoms with E-state index in [9.17, 15) is 4.79 Å². The van der Waals surface area contributed by atoms with Gasteiger partial charge in [0.1, 0.15) is 18.1 Å². The number of para-hydroxylation sites is 1. The zero-order valence-electron chi connectivity index (χ0n) is 17.8. The fraction of sp³-hybridized carbons (Fsp3) is 0.179. The predicted molar refractivity (Wildman–Crippen MR) is 124 cm³/mol. The van der Waals surface area contributed by atoms with Gasteiger partial charge in [-0.05, 0) is 52.1 Å². The molecule has 1 unspecified atom stereocenters. The maximum atomic E-state index is 13.1. The highest BCUT2D eigenvalue weighted by Gasteiger charge is 2.27. The van der Waals surface area contributed by atoms with E-state index >= 15 is 0 Å². The van der Waals surface area contributed by atoms with Gasteiger partial charge in [-0.15, -0.1) is 0 Å². The lowest BCUT2D eigenvalue weighted by molar-refractivity contribution is -0.147. The zero-order valence-corrected chi connectivity index (χ0v) is 17.8. The summed E-state index contributed by atoms with van der Waals surface area (Å²) >= 11 is 0. The first-order chi connectivity index (χ1) is 15.1. The number of ether oxygens (including phenoxy) is 2. The van der Waals surface area contributed by atoms with E-state index in [-0.39, 0.29) is 24.4 Å². The Bertz CT molecular complexity index is 1160. The summed E-state index contributed by atoms with van der Waals surface area (Å²) in [6, 6.07) is 31.5. The van der Waals surface area contributed by atoms with E-state index in [0.717, 1.165) is 27.6 Å². The van der Waals surface area contributed by atoms with Gasteiger partial charge in [0.2, 0.25) is 0 Å². The maximum absolute atomic E-state index is 13.1. The van der Waals surface area contributed by atoms with E-state index in [1.54, 1.807) is 0 Å². The van der Waals surface area contributed by atoms with Crippen molar-refractivity contribution in [1.82, 2.24) is 0 Å². The van der Waals surface area contributed by atoms with Gasteiger partial charge in [-0.25, -0.2) is 0 Å². The van der Waals surface area contributed by atoms with Crippen molar-refractivity contribution in [2.24, 2.45) is 5.92 Å². The second-order valence-corrected chi connectivity index (χ2v) is 7.96. The smallest absolute Gasteiger partial charge is 0.314 e. The monoisotopic (exact) mass is 410 g/mol. The molecular formula is C28H26O3. The van der Waals surface area contributed by atoms with Crippen molar-refractivity contribution in [1.29, 1.82) is 0 Å². The summed E-state index contributed by atoms with van der Waals surface area (Å²) in [6.07, 6.45) is 0. The van der Waals surface area contributed by atoms with E-state index in [1.807, 2.05) is 78.9 Å². The van der Waals surface area contributed by atoms with Gasteiger partial charge in [0.05, 0.1) is 5.92 Å². The van der Waals surface area contributed by atoms with Crippen molar-refractivity contribution in [2.75, 3.05) is 0 Å². The molecule has 0 saturated heterocycles. The first-order valence-electron chi connectivity index (χ1n) is 10.6. The number of rotatable bonds is 7. The minimum absolute atomic E-state index is 0.117. The van der Waals surface area contributed by atoms with Crippen LogP contribution in [0.4, 0.5) is 0 Å². The van der Waals surface area contributed by atoms with Crippen molar-refractivity contribution in [3.63, 3.8) is 0 Å². The van der Waals surface area contributed by atoms with Gasteiger partial charge in [0, 0.05) is 0 Å². The van der Waals surface area contributed by atoms with Crippen LogP contribution in [-0.4, -0.2) is 5.97 Å². The van der Waals surface area contributed by atoms with Crippen LogP contribution in [0.3, 0.4) is 0 Å². The molecule has 0 saturated carbocycles. The van der Waals surface area contributed by atoms with Crippen LogP contribution in [0.15, 0.2) is 97.1 Å². The van der Waals surface area contributed by atoms with Crippen LogP contribution in [0.25, 0.3) is 10.8 Å². The Kier molecular flexibility index (Phi) is 6.32. The molecule has 1 atom stereocenters. The van der Waals surface area contributed by atoms with Crippen LogP contribution in [0.2, 0.25) is 0 Å². The fourth-order valence-corrected chi connectivity index (χ4v) is 3.85. The molecule has 0 radical (unpaired) electrons. The average Bonchev–Trinajstić information content (AvgIpc) is 2.79. The molecule has 0 aromatic heterocycles. The number of esters is 1. The molecule has 4 aromatic rings. The molecule has 0 aliphatic rings. The van der Waals surface area contributed by atoms with Crippen LogP contribution in [0.5, 0.6) is 11.5 Å². The Hall–Kier alpha value is -3.59. The minimum atomic E-state index is -0.324. The second kappa shape index (κ2) is 9.48. The molecular weight excluding hydrogens is 384 g/mol. The third-order valence-electron chi connectivity index (χ3n) is 5.34. The molecule has 4 aromatic carbocycles. The molecule has 0 aliphatic heterocycles. The summed E-state index contributed by atoms with van der Waals surface area (Å²) in [5.74, 6) is 1.07. The number of fused-ring (bicyclic) bond motifs is 1. The Morgan fingerprint density at radius 3 is 2.26 bits per heavy atom. The Morgan fingerprint density at radius 2 is 1.45 bits per heavy atom. The second-order valence-electron chi connectivity index (χ2n) is 7.96. The molecule has 3 heteroatoms. The van der Waals surface area contributed by atoms with E-state index in [1.165, 1.54) is 0 Å². The summed E-state index contributed by atoms with van der Waals surface area (Å²) < 4.78 is 11.7. The van der Waals surface area contributed by atoms with Crippen LogP contribution in [0, 0.1) is 5.92 Å². The van der Waals surface area contributed by atoms with Gasteiger partial charge >= 0.3 is 5.97 Å². The quantitative estimate of drug-likeness (QED) is 0.304. The van der Waals surface area contributed by atoms with E-state index in [2.05, 4.69) is 32.0 Å². The van der Waals surface area contributed by atoms with Crippen molar-refractivity contribution in [3.8, 4) is 11.5 Å². The van der Waals surface area contributed by atoms with Gasteiger partial charge in [-0.3, -0.25) is 4.79 Å². The van der Waals surface area contributed by atoms with Crippen LogP contribution >= 0.6 is 0 Å². The highest BCUT2D eigenvalue weighted by Crippen LogP contribution is 2.32. The molecule has 0 N–H and O–H groups in total. The molecule has 0 bridgehead atoms. The van der Waals surface area contributed by atoms with Crippen LogP contribution < -0.4 is 4.74 Å². The molecule has 0 amide bonds. The van der Waals surface area contributed by atoms with Crippen molar-refractivity contribution in [3.05, 3.63) is 108 Å². The van der Waals surface area contributed by atoms with E-state index in [0.29, 0.717) is 5.75 Å². The SMILES string of the molecule is CC(C)C(C(=O)OCc1cccc(Oc2ccccc2)c1)c1cccc2ccccc12. The first-order valence-corrected chi connectivity index (χ1v) is 10.6. The molecule has 156 valence electrons. The van der Waals surface area contributed by atoms with Crippen molar-refractivity contribution >= 4 is 16.7 Å². The summed E-state index contributed by atoms with van der Waals surface area (Å²) in [7, 11) is 0. The molecule has 0 spiro atoms. The standard InChI is InChI=1S/C28H26O3/c1-20(2)27(26-17-9-12-22-11-6-7-16-25(22)26)28(29)30-19-21-10-8-15-24(18-21)31-23-13-4-3-5-14-23/h3-18,20,27H,19H2,1-2H3. The summed E-state index contributed by atoms with van der Waals surface area (Å²) in [5.41, 5.74) is 1.90. The van der Waals surface area contributed by atoms with Crippen LogP contribution in [-0.2, 0) is 16.1 Å². The third kappa shape index (κ3) is 4.95. The van der Waals surface area contributed by atoms with E-state index in [4.69, 9.17) is 9.47 Å². The molecule has 3 nitrogen and oxygen atoms in total. The van der Waals surface area contributed by atoms with E-state index < -0.39 is 0 Å². The fourth-order valence-electron chi connectivity index (χ4n) is 3.85. The zero-order chi connectivity index (χ0) is 21.6. The van der Waals surface area contributed by atoms with Gasteiger partial charge in [-0.1, -0.05) is 86.6 Å². The molecule has 0 aliphatic carbocycles. The highest BCUT2D eigenvalue weighted by molar-refractivity contribution is 5.91. The number of carbonyl (C=O) groups is 1. The molecule has 0 fully saturated rings. The Balaban J connectivity index is 1.50. The number of hydrogen-bond acceptors (Lipinski definition) is 3. The highest BCUT2D eigenvalue weighted by atomic mass is 16.5. The lowest BCUT2D eigenvalue weighted by atomic mass is 9.85. The molecule has 4 rings (SSSR count). The van der Waals surface area contributed by atoms with Crippen LogP contribution in [0.1, 0.15) is 30.9 Å². The predicted octanol–water partition coefficient (Wildman–Crippen LogP) is 7.12. The minimum Gasteiger partial charge on any atom is -0.460 e. The van der Waals surface area contributed by atoms with Crippen molar-refractivity contribution < 1.29 is 14.3 Å². The lowest BCUT2D eigenvalue weighted by Crippen LogP contribution is -2.21. The number of hydrogen-bond donors (Lipinski definition) is 0. The Labute approximate surface area is 183 Å². The van der Waals surface area contributed by atoms with Crippen molar-refractivity contribution in [2.45, 2.75) is 26.4 Å². The first kappa shape index (κ1) is 20.7. The summed E-state index contributed by atoms with van der Waals surface area (Å²) in [6.45, 7) is 4.32. The molecule has 0 heterocycles. The topological polar surface area (TPSA) is 35.5 Å².